The Hall–Kier alpha value is -1.16. The Morgan fingerprint density at radius 2 is 1.48 bits per heavy atom. The molecule has 0 radical (unpaired) electrons. The molecule has 6 heteroatoms. The van der Waals surface area contributed by atoms with Gasteiger partial charge in [-0.1, -0.05) is 18.2 Å². The lowest BCUT2D eigenvalue weighted by atomic mass is 10.1. The van der Waals surface area contributed by atoms with Gasteiger partial charge in [-0.15, -0.1) is 0 Å². The summed E-state index contributed by atoms with van der Waals surface area (Å²) >= 11 is 0. The number of para-hydroxylation sites is 1. The van der Waals surface area contributed by atoms with E-state index in [2.05, 4.69) is 0 Å². The van der Waals surface area contributed by atoms with Crippen LogP contribution in [0.2, 0.25) is 0 Å². The molecule has 0 unspecified atom stereocenters. The number of hydrogen-bond acceptors (Lipinski definition) is 5. The normalized spacial score (nSPS) is 13.0. The van der Waals surface area contributed by atoms with E-state index in [1.807, 2.05) is 0 Å². The van der Waals surface area contributed by atoms with Crippen LogP contribution < -0.4 is 4.52 Å². The van der Waals surface area contributed by atoms with Crippen molar-refractivity contribution in [2.24, 2.45) is 0 Å². The molecule has 0 heterocycles. The van der Waals surface area contributed by atoms with E-state index in [0.29, 0.717) is 11.3 Å². The third-order valence-corrected chi connectivity index (χ3v) is 4.36. The molecule has 0 aliphatic heterocycles. The Labute approximate surface area is 138 Å². The van der Waals surface area contributed by atoms with Crippen LogP contribution in [0.3, 0.4) is 0 Å². The van der Waals surface area contributed by atoms with E-state index in [-0.39, 0.29) is 12.2 Å². The number of rotatable bonds is 6. The molecule has 1 aromatic carbocycles. The topological polar surface area (TPSA) is 61.8 Å². The first-order valence-corrected chi connectivity index (χ1v) is 9.04. The number of hydrogen-bond donors (Lipinski definition) is 0. The standard InChI is InChI=1S/C17H27O5P/c1-13(18)12-14-10-8-9-11-15(14)20-23(19,21-16(2,3)4)22-17(5,6)7/h8-11H,12H2,1-7H3. The van der Waals surface area contributed by atoms with Crippen LogP contribution in [-0.2, 0) is 24.8 Å². The fourth-order valence-corrected chi connectivity index (χ4v) is 3.73. The van der Waals surface area contributed by atoms with Crippen molar-refractivity contribution < 1.29 is 22.9 Å². The predicted molar refractivity (Wildman–Crippen MR) is 90.7 cm³/mol. The van der Waals surface area contributed by atoms with Gasteiger partial charge in [0.25, 0.3) is 0 Å². The quantitative estimate of drug-likeness (QED) is 0.686. The van der Waals surface area contributed by atoms with Gasteiger partial charge < -0.3 is 4.52 Å². The molecule has 0 saturated heterocycles. The average Bonchev–Trinajstić information content (AvgIpc) is 2.25. The van der Waals surface area contributed by atoms with Crippen LogP contribution in [0, 0.1) is 0 Å². The van der Waals surface area contributed by atoms with E-state index in [0.717, 1.165) is 0 Å². The molecule has 5 nitrogen and oxygen atoms in total. The van der Waals surface area contributed by atoms with Crippen molar-refractivity contribution in [1.29, 1.82) is 0 Å². The van der Waals surface area contributed by atoms with Crippen molar-refractivity contribution in [2.45, 2.75) is 66.1 Å². The first-order chi connectivity index (χ1) is 10.3. The summed E-state index contributed by atoms with van der Waals surface area (Å²) in [4.78, 5) is 11.4. The highest BCUT2D eigenvalue weighted by Gasteiger charge is 2.39. The molecule has 0 fully saturated rings. The summed E-state index contributed by atoms with van der Waals surface area (Å²) in [7, 11) is -3.87. The monoisotopic (exact) mass is 342 g/mol. The summed E-state index contributed by atoms with van der Waals surface area (Å²) in [6, 6.07) is 6.96. The molecule has 1 rings (SSSR count). The third-order valence-electron chi connectivity index (χ3n) is 2.39. The van der Waals surface area contributed by atoms with E-state index in [1.165, 1.54) is 6.92 Å². The van der Waals surface area contributed by atoms with Crippen molar-refractivity contribution in [3.05, 3.63) is 29.8 Å². The fourth-order valence-electron chi connectivity index (χ4n) is 1.85. The molecule has 0 saturated carbocycles. The minimum Gasteiger partial charge on any atom is -0.404 e. The number of benzene rings is 1. The van der Waals surface area contributed by atoms with Gasteiger partial charge in [0.1, 0.15) is 11.5 Å². The molecule has 1 aromatic rings. The highest BCUT2D eigenvalue weighted by Crippen LogP contribution is 2.55. The highest BCUT2D eigenvalue weighted by molar-refractivity contribution is 7.49. The Morgan fingerprint density at radius 3 is 1.91 bits per heavy atom. The Morgan fingerprint density at radius 1 is 1.00 bits per heavy atom. The minimum atomic E-state index is -3.87. The zero-order valence-electron chi connectivity index (χ0n) is 15.0. The van der Waals surface area contributed by atoms with Crippen molar-refractivity contribution in [3.8, 4) is 5.75 Å². The van der Waals surface area contributed by atoms with Gasteiger partial charge in [0.05, 0.1) is 11.2 Å². The lowest BCUT2D eigenvalue weighted by Crippen LogP contribution is -2.25. The van der Waals surface area contributed by atoms with Crippen molar-refractivity contribution in [2.75, 3.05) is 0 Å². The highest BCUT2D eigenvalue weighted by atomic mass is 31.2. The van der Waals surface area contributed by atoms with Crippen LogP contribution in [0.4, 0.5) is 0 Å². The average molecular weight is 342 g/mol. The summed E-state index contributed by atoms with van der Waals surface area (Å²) < 4.78 is 29.9. The van der Waals surface area contributed by atoms with Crippen molar-refractivity contribution in [1.82, 2.24) is 0 Å². The van der Waals surface area contributed by atoms with E-state index < -0.39 is 19.0 Å². The Balaban J connectivity index is 3.16. The molecular formula is C17H27O5P. The number of phosphoric ester groups is 1. The second-order valence-corrected chi connectivity index (χ2v) is 8.87. The maximum Gasteiger partial charge on any atom is 0.531 e. The predicted octanol–water partition coefficient (Wildman–Crippen LogP) is 4.94. The van der Waals surface area contributed by atoms with Gasteiger partial charge in [-0.05, 0) is 54.5 Å². The zero-order valence-corrected chi connectivity index (χ0v) is 15.9. The second-order valence-electron chi connectivity index (χ2n) is 7.43. The van der Waals surface area contributed by atoms with Gasteiger partial charge in [0.2, 0.25) is 0 Å². The molecule has 0 aromatic heterocycles. The zero-order chi connectivity index (χ0) is 17.9. The van der Waals surface area contributed by atoms with E-state index in [9.17, 15) is 9.36 Å². The number of carbonyl (C=O) groups is 1. The van der Waals surface area contributed by atoms with Gasteiger partial charge in [0.15, 0.2) is 0 Å². The summed E-state index contributed by atoms with van der Waals surface area (Å²) in [5.41, 5.74) is -0.776. The van der Waals surface area contributed by atoms with Gasteiger partial charge in [0, 0.05) is 12.0 Å². The molecule has 0 bridgehead atoms. The Bertz CT molecular complexity index is 576. The van der Waals surface area contributed by atoms with Gasteiger partial charge >= 0.3 is 7.82 Å². The Kier molecular flexibility index (Phi) is 6.19. The molecule has 23 heavy (non-hydrogen) atoms. The summed E-state index contributed by atoms with van der Waals surface area (Å²) in [6.07, 6.45) is 0.196. The molecular weight excluding hydrogens is 315 g/mol. The summed E-state index contributed by atoms with van der Waals surface area (Å²) in [5, 5.41) is 0. The van der Waals surface area contributed by atoms with Gasteiger partial charge in [-0.3, -0.25) is 13.8 Å². The first-order valence-electron chi connectivity index (χ1n) is 7.58. The maximum absolute atomic E-state index is 13.1. The summed E-state index contributed by atoms with van der Waals surface area (Å²) in [5.74, 6) is 0.323. The van der Waals surface area contributed by atoms with Crippen molar-refractivity contribution >= 4 is 13.6 Å². The third kappa shape index (κ3) is 7.78. The van der Waals surface area contributed by atoms with Crippen LogP contribution in [-0.4, -0.2) is 17.0 Å². The fraction of sp³-hybridized carbons (Fsp3) is 0.588. The molecule has 0 atom stereocenters. The van der Waals surface area contributed by atoms with E-state index in [4.69, 9.17) is 13.6 Å². The van der Waals surface area contributed by atoms with Crippen molar-refractivity contribution in [3.63, 3.8) is 0 Å². The van der Waals surface area contributed by atoms with Crippen LogP contribution in [0.5, 0.6) is 5.75 Å². The number of phosphoric acid groups is 1. The van der Waals surface area contributed by atoms with E-state index in [1.54, 1.807) is 65.8 Å². The van der Waals surface area contributed by atoms with Crippen LogP contribution >= 0.6 is 7.82 Å². The maximum atomic E-state index is 13.1. The smallest absolute Gasteiger partial charge is 0.404 e. The molecule has 0 amide bonds. The number of Topliss-reactive ketones (excluding diaryl/α,β-unsaturated/α-hetero) is 1. The molecule has 0 aliphatic carbocycles. The number of carbonyl (C=O) groups excluding carboxylic acids is 1. The SMILES string of the molecule is CC(=O)Cc1ccccc1OP(=O)(OC(C)(C)C)OC(C)(C)C. The number of ketones is 1. The summed E-state index contributed by atoms with van der Waals surface area (Å²) in [6.45, 7) is 12.1. The molecule has 0 spiro atoms. The van der Waals surface area contributed by atoms with E-state index >= 15 is 0 Å². The van der Waals surface area contributed by atoms with Crippen LogP contribution in [0.15, 0.2) is 24.3 Å². The largest absolute Gasteiger partial charge is 0.531 e. The lowest BCUT2D eigenvalue weighted by Gasteiger charge is -2.31. The lowest BCUT2D eigenvalue weighted by molar-refractivity contribution is -0.116. The van der Waals surface area contributed by atoms with Crippen LogP contribution in [0.1, 0.15) is 54.0 Å². The minimum absolute atomic E-state index is 0.00985. The molecule has 0 N–H and O–H groups in total. The molecule has 130 valence electrons. The van der Waals surface area contributed by atoms with Crippen LogP contribution in [0.25, 0.3) is 0 Å². The first kappa shape index (κ1) is 19.9. The molecule has 0 aliphatic rings. The van der Waals surface area contributed by atoms with Gasteiger partial charge in [-0.2, -0.15) is 0 Å². The second kappa shape index (κ2) is 7.16. The van der Waals surface area contributed by atoms with Gasteiger partial charge in [-0.25, -0.2) is 4.57 Å².